The minimum absolute atomic E-state index is 0.209. The van der Waals surface area contributed by atoms with Crippen LogP contribution in [0.3, 0.4) is 0 Å². The van der Waals surface area contributed by atoms with E-state index < -0.39 is 18.2 Å². The molecule has 0 unspecified atom stereocenters. The van der Waals surface area contributed by atoms with Gasteiger partial charge in [0.15, 0.2) is 0 Å². The Bertz CT molecular complexity index is 166. The van der Waals surface area contributed by atoms with Crippen LogP contribution >= 0.6 is 0 Å². The lowest BCUT2D eigenvalue weighted by Gasteiger charge is -2.23. The molecule has 1 atom stereocenters. The first kappa shape index (κ1) is 12.3. The highest BCUT2D eigenvalue weighted by atomic mass is 19.1. The van der Waals surface area contributed by atoms with Crippen LogP contribution in [-0.4, -0.2) is 31.3 Å². The number of esters is 1. The Hall–Kier alpha value is -0.680. The van der Waals surface area contributed by atoms with Crippen molar-refractivity contribution in [1.29, 1.82) is 0 Å². The summed E-state index contributed by atoms with van der Waals surface area (Å²) in [6.45, 7) is 1.34. The summed E-state index contributed by atoms with van der Waals surface area (Å²) in [4.78, 5) is 11.2. The third kappa shape index (κ3) is 3.69. The first-order chi connectivity index (χ1) is 6.10. The fraction of sp³-hybridized carbons (Fsp3) is 0.875. The Kier molecular flexibility index (Phi) is 5.57. The van der Waals surface area contributed by atoms with E-state index in [1.54, 1.807) is 6.92 Å². The number of hydrogen-bond donors (Lipinski definition) is 2. The largest absolute Gasteiger partial charge is 0.465 e. The second-order valence-electron chi connectivity index (χ2n) is 2.90. The molecule has 0 saturated heterocycles. The number of nitrogens with two attached hydrogens (primary N) is 2. The lowest BCUT2D eigenvalue weighted by Crippen LogP contribution is -2.51. The Morgan fingerprint density at radius 3 is 2.62 bits per heavy atom. The van der Waals surface area contributed by atoms with Crippen molar-refractivity contribution in [3.63, 3.8) is 0 Å². The van der Waals surface area contributed by atoms with Crippen LogP contribution in [0.1, 0.15) is 19.8 Å². The molecular formula is C8H17FN2O2. The SMILES string of the molecule is CCOC(=O)[C@@](N)(CF)CCCN. The van der Waals surface area contributed by atoms with Crippen molar-refractivity contribution in [3.8, 4) is 0 Å². The maximum absolute atomic E-state index is 12.5. The first-order valence-electron chi connectivity index (χ1n) is 4.33. The van der Waals surface area contributed by atoms with E-state index >= 15 is 0 Å². The number of halogens is 1. The monoisotopic (exact) mass is 192 g/mol. The predicted octanol–water partition coefficient (Wildman–Crippen LogP) is -0.0446. The fourth-order valence-corrected chi connectivity index (χ4v) is 0.916. The molecule has 0 aromatic heterocycles. The zero-order chi connectivity index (χ0) is 10.3. The van der Waals surface area contributed by atoms with Gasteiger partial charge < -0.3 is 16.2 Å². The fourth-order valence-electron chi connectivity index (χ4n) is 0.916. The van der Waals surface area contributed by atoms with Gasteiger partial charge in [0.2, 0.25) is 0 Å². The summed E-state index contributed by atoms with van der Waals surface area (Å²) >= 11 is 0. The second-order valence-corrected chi connectivity index (χ2v) is 2.90. The second kappa shape index (κ2) is 5.88. The van der Waals surface area contributed by atoms with Crippen molar-refractivity contribution < 1.29 is 13.9 Å². The third-order valence-electron chi connectivity index (χ3n) is 1.75. The molecule has 0 aromatic rings. The van der Waals surface area contributed by atoms with Crippen molar-refractivity contribution in [3.05, 3.63) is 0 Å². The van der Waals surface area contributed by atoms with Gasteiger partial charge in [-0.15, -0.1) is 0 Å². The van der Waals surface area contributed by atoms with Crippen molar-refractivity contribution in [2.75, 3.05) is 19.8 Å². The van der Waals surface area contributed by atoms with Gasteiger partial charge in [-0.1, -0.05) is 0 Å². The van der Waals surface area contributed by atoms with Gasteiger partial charge >= 0.3 is 5.97 Å². The summed E-state index contributed by atoms with van der Waals surface area (Å²) in [5, 5.41) is 0. The van der Waals surface area contributed by atoms with Crippen LogP contribution in [0.2, 0.25) is 0 Å². The Balaban J connectivity index is 4.16. The zero-order valence-electron chi connectivity index (χ0n) is 7.88. The molecule has 0 aliphatic heterocycles. The van der Waals surface area contributed by atoms with Crippen molar-refractivity contribution in [2.45, 2.75) is 25.3 Å². The lowest BCUT2D eigenvalue weighted by atomic mass is 9.96. The molecule has 0 amide bonds. The predicted molar refractivity (Wildman–Crippen MR) is 47.8 cm³/mol. The number of hydrogen-bond acceptors (Lipinski definition) is 4. The molecule has 5 heteroatoms. The molecule has 0 aliphatic rings. The molecule has 0 aromatic carbocycles. The molecule has 0 aliphatic carbocycles. The van der Waals surface area contributed by atoms with Gasteiger partial charge in [-0.3, -0.25) is 0 Å². The van der Waals surface area contributed by atoms with Crippen LogP contribution in [0.5, 0.6) is 0 Å². The van der Waals surface area contributed by atoms with Crippen LogP contribution < -0.4 is 11.5 Å². The lowest BCUT2D eigenvalue weighted by molar-refractivity contribution is -0.150. The minimum atomic E-state index is -1.50. The van der Waals surface area contributed by atoms with Gasteiger partial charge in [0.1, 0.15) is 12.2 Å². The van der Waals surface area contributed by atoms with Crippen LogP contribution in [-0.2, 0) is 9.53 Å². The van der Waals surface area contributed by atoms with Gasteiger partial charge in [-0.25, -0.2) is 9.18 Å². The van der Waals surface area contributed by atoms with Crippen LogP contribution in [0.4, 0.5) is 4.39 Å². The van der Waals surface area contributed by atoms with Gasteiger partial charge in [0, 0.05) is 0 Å². The Labute approximate surface area is 77.4 Å². The summed E-state index contributed by atoms with van der Waals surface area (Å²) in [7, 11) is 0. The van der Waals surface area contributed by atoms with E-state index in [-0.39, 0.29) is 13.0 Å². The van der Waals surface area contributed by atoms with Crippen molar-refractivity contribution in [2.24, 2.45) is 11.5 Å². The number of ether oxygens (including phenoxy) is 1. The summed E-state index contributed by atoms with van der Waals surface area (Å²) in [5.74, 6) is -0.689. The summed E-state index contributed by atoms with van der Waals surface area (Å²) in [6, 6.07) is 0. The van der Waals surface area contributed by atoms with E-state index in [9.17, 15) is 9.18 Å². The van der Waals surface area contributed by atoms with E-state index in [0.29, 0.717) is 13.0 Å². The van der Waals surface area contributed by atoms with Gasteiger partial charge in [0.05, 0.1) is 6.61 Å². The molecule has 0 spiro atoms. The van der Waals surface area contributed by atoms with E-state index in [0.717, 1.165) is 0 Å². The molecule has 0 fully saturated rings. The highest BCUT2D eigenvalue weighted by molar-refractivity contribution is 5.80. The molecule has 0 radical (unpaired) electrons. The summed E-state index contributed by atoms with van der Waals surface area (Å²) < 4.78 is 17.1. The average Bonchev–Trinajstić information content (AvgIpc) is 2.14. The molecule has 4 N–H and O–H groups in total. The van der Waals surface area contributed by atoms with Crippen LogP contribution in [0.25, 0.3) is 0 Å². The molecule has 0 heterocycles. The minimum Gasteiger partial charge on any atom is -0.465 e. The van der Waals surface area contributed by atoms with Crippen molar-refractivity contribution in [1.82, 2.24) is 0 Å². The maximum atomic E-state index is 12.5. The van der Waals surface area contributed by atoms with E-state index in [1.165, 1.54) is 0 Å². The van der Waals surface area contributed by atoms with Gasteiger partial charge in [-0.05, 0) is 26.3 Å². The zero-order valence-corrected chi connectivity index (χ0v) is 7.88. The van der Waals surface area contributed by atoms with Gasteiger partial charge in [-0.2, -0.15) is 0 Å². The smallest absolute Gasteiger partial charge is 0.328 e. The number of rotatable bonds is 6. The van der Waals surface area contributed by atoms with E-state index in [2.05, 4.69) is 4.74 Å². The summed E-state index contributed by atoms with van der Waals surface area (Å²) in [5.41, 5.74) is 9.24. The van der Waals surface area contributed by atoms with E-state index in [4.69, 9.17) is 11.5 Å². The topological polar surface area (TPSA) is 78.3 Å². The van der Waals surface area contributed by atoms with Crippen LogP contribution in [0.15, 0.2) is 0 Å². The Morgan fingerprint density at radius 1 is 1.62 bits per heavy atom. The molecule has 78 valence electrons. The standard InChI is InChI=1S/C8H17FN2O2/c1-2-13-7(12)8(11,6-9)4-3-5-10/h2-6,10-11H2,1H3/t8-/m0/s1. The van der Waals surface area contributed by atoms with Gasteiger partial charge in [0.25, 0.3) is 0 Å². The molecule has 13 heavy (non-hydrogen) atoms. The summed E-state index contributed by atoms with van der Waals surface area (Å²) in [6.07, 6.45) is 0.734. The third-order valence-corrected chi connectivity index (χ3v) is 1.75. The molecular weight excluding hydrogens is 175 g/mol. The number of carbonyl (C=O) groups is 1. The number of alkyl halides is 1. The van der Waals surface area contributed by atoms with E-state index in [1.807, 2.05) is 0 Å². The highest BCUT2D eigenvalue weighted by Gasteiger charge is 2.34. The Morgan fingerprint density at radius 2 is 2.23 bits per heavy atom. The normalized spacial score (nSPS) is 15.1. The highest BCUT2D eigenvalue weighted by Crippen LogP contribution is 2.12. The van der Waals surface area contributed by atoms with Crippen molar-refractivity contribution >= 4 is 5.97 Å². The quantitative estimate of drug-likeness (QED) is 0.578. The maximum Gasteiger partial charge on any atom is 0.328 e. The molecule has 0 bridgehead atoms. The average molecular weight is 192 g/mol. The molecule has 0 saturated carbocycles. The van der Waals surface area contributed by atoms with Crippen LogP contribution in [0, 0.1) is 0 Å². The first-order valence-corrected chi connectivity index (χ1v) is 4.33. The number of carbonyl (C=O) groups excluding carboxylic acids is 1. The molecule has 4 nitrogen and oxygen atoms in total. The molecule has 0 rings (SSSR count).